The Morgan fingerprint density at radius 3 is 2.56 bits per heavy atom. The maximum Gasteiger partial charge on any atom is 0.324 e. The molecular weight excluding hydrogens is 428 g/mol. The van der Waals surface area contributed by atoms with E-state index in [0.29, 0.717) is 17.0 Å². The van der Waals surface area contributed by atoms with Gasteiger partial charge in [0.2, 0.25) is 0 Å². The molecule has 0 atom stereocenters. The summed E-state index contributed by atoms with van der Waals surface area (Å²) in [6.07, 6.45) is 10.2. The average molecular weight is 459 g/mol. The smallest absolute Gasteiger partial charge is 0.324 e. The summed E-state index contributed by atoms with van der Waals surface area (Å²) in [5.74, 6) is 0.386. The van der Waals surface area contributed by atoms with Gasteiger partial charge in [0, 0.05) is 11.6 Å². The van der Waals surface area contributed by atoms with Crippen molar-refractivity contribution in [3.63, 3.8) is 0 Å². The van der Waals surface area contributed by atoms with Gasteiger partial charge < -0.3 is 9.64 Å². The molecule has 1 amide bonds. The third-order valence-electron chi connectivity index (χ3n) is 5.35. The first-order chi connectivity index (χ1) is 15.6. The first-order valence-corrected chi connectivity index (χ1v) is 12.0. The van der Waals surface area contributed by atoms with Crippen molar-refractivity contribution in [3.8, 4) is 5.75 Å². The fourth-order valence-electron chi connectivity index (χ4n) is 3.60. The van der Waals surface area contributed by atoms with E-state index in [0.717, 1.165) is 23.5 Å². The van der Waals surface area contributed by atoms with E-state index >= 15 is 0 Å². The highest BCUT2D eigenvalue weighted by Crippen LogP contribution is 2.22. The Labute approximate surface area is 192 Å². The molecule has 0 bridgehead atoms. The highest BCUT2D eigenvalue weighted by molar-refractivity contribution is 7.16. The Balaban J connectivity index is 1.29. The van der Waals surface area contributed by atoms with Gasteiger partial charge in [0.15, 0.2) is 0 Å². The van der Waals surface area contributed by atoms with Gasteiger partial charge in [-0.15, -0.1) is 0 Å². The number of hydrogen-bond acceptors (Lipinski definition) is 7. The lowest BCUT2D eigenvalue weighted by Gasteiger charge is -2.26. The quantitative estimate of drug-likeness (QED) is 0.212. The number of rotatable bonds is 12. The number of nitrogens with one attached hydrogen (secondary N) is 1. The second-order valence-electron chi connectivity index (χ2n) is 7.82. The summed E-state index contributed by atoms with van der Waals surface area (Å²) >= 11 is 0.992. The minimum Gasteiger partial charge on any atom is -0.494 e. The lowest BCUT2D eigenvalue weighted by atomic mass is 10.1. The van der Waals surface area contributed by atoms with E-state index in [1.165, 1.54) is 70.4 Å². The fraction of sp³-hybridized carbons (Fsp3) is 0.478. The van der Waals surface area contributed by atoms with Crippen LogP contribution in [0.25, 0.3) is 0 Å². The molecule has 2 aromatic rings. The molecule has 172 valence electrons. The molecule has 1 N–H and O–H groups in total. The number of piperidine rings is 1. The van der Waals surface area contributed by atoms with E-state index < -0.39 is 4.92 Å². The Hall–Kier alpha value is -2.78. The van der Waals surface area contributed by atoms with E-state index in [-0.39, 0.29) is 10.9 Å². The summed E-state index contributed by atoms with van der Waals surface area (Å²) in [5.41, 5.74) is 2.89. The van der Waals surface area contributed by atoms with E-state index in [4.69, 9.17) is 4.74 Å². The van der Waals surface area contributed by atoms with Crippen LogP contribution >= 0.6 is 11.3 Å². The number of ether oxygens (including phenoxy) is 1. The topological polar surface area (TPSA) is 97.1 Å². The zero-order valence-corrected chi connectivity index (χ0v) is 19.0. The van der Waals surface area contributed by atoms with E-state index in [9.17, 15) is 14.9 Å². The number of carbonyl (C=O) groups excluding carboxylic acids is 1. The Morgan fingerprint density at radius 2 is 1.84 bits per heavy atom. The van der Waals surface area contributed by atoms with E-state index in [1.807, 2.05) is 0 Å². The van der Waals surface area contributed by atoms with Crippen molar-refractivity contribution in [2.45, 2.75) is 44.9 Å². The van der Waals surface area contributed by atoms with E-state index in [2.05, 4.69) is 15.4 Å². The number of likely N-dealkylation sites (tertiary alicyclic amines) is 1. The molecule has 1 aromatic carbocycles. The van der Waals surface area contributed by atoms with Crippen molar-refractivity contribution in [1.29, 1.82) is 0 Å². The number of nitrogens with zero attached hydrogens (tertiary/aromatic N) is 3. The van der Waals surface area contributed by atoms with Gasteiger partial charge in [-0.1, -0.05) is 30.6 Å². The molecule has 0 unspecified atom stereocenters. The zero-order chi connectivity index (χ0) is 22.6. The molecule has 1 aromatic heterocycles. The number of hydrazone groups is 1. The molecule has 1 saturated heterocycles. The minimum absolute atomic E-state index is 0.0332. The third kappa shape index (κ3) is 8.05. The summed E-state index contributed by atoms with van der Waals surface area (Å²) < 4.78 is 5.77. The molecule has 0 spiro atoms. The predicted molar refractivity (Wildman–Crippen MR) is 127 cm³/mol. The first kappa shape index (κ1) is 23.9. The van der Waals surface area contributed by atoms with Crippen molar-refractivity contribution >= 4 is 28.5 Å². The normalized spacial score (nSPS) is 14.5. The number of carbonyl (C=O) groups is 1. The SMILES string of the molecule is O=C(N/N=C/c1ccc([N+](=O)[O-])s1)c1ccc(OCCCCCCN2CCCCC2)cc1. The van der Waals surface area contributed by atoms with Crippen molar-refractivity contribution in [3.05, 3.63) is 57.0 Å². The minimum atomic E-state index is -0.458. The molecule has 2 heterocycles. The van der Waals surface area contributed by atoms with Gasteiger partial charge in [0.25, 0.3) is 5.91 Å². The molecule has 32 heavy (non-hydrogen) atoms. The molecule has 1 fully saturated rings. The fourth-order valence-corrected chi connectivity index (χ4v) is 4.29. The van der Waals surface area contributed by atoms with Crippen molar-refractivity contribution < 1.29 is 14.5 Å². The molecular formula is C23H30N4O4S. The summed E-state index contributed by atoms with van der Waals surface area (Å²) in [6.45, 7) is 4.43. The van der Waals surface area contributed by atoms with Gasteiger partial charge in [-0.05, 0) is 75.6 Å². The van der Waals surface area contributed by atoms with Crippen LogP contribution in [0.3, 0.4) is 0 Å². The number of nitro groups is 1. The van der Waals surface area contributed by atoms with Gasteiger partial charge >= 0.3 is 5.00 Å². The number of thiophene rings is 1. The molecule has 0 aliphatic carbocycles. The van der Waals surface area contributed by atoms with Crippen LogP contribution in [0.2, 0.25) is 0 Å². The maximum atomic E-state index is 12.2. The monoisotopic (exact) mass is 458 g/mol. The number of hydrogen-bond donors (Lipinski definition) is 1. The van der Waals surface area contributed by atoms with Crippen LogP contribution < -0.4 is 10.2 Å². The third-order valence-corrected chi connectivity index (χ3v) is 6.32. The van der Waals surface area contributed by atoms with Crippen molar-refractivity contribution in [2.75, 3.05) is 26.2 Å². The Morgan fingerprint density at radius 1 is 1.09 bits per heavy atom. The van der Waals surface area contributed by atoms with Crippen LogP contribution in [-0.4, -0.2) is 48.2 Å². The van der Waals surface area contributed by atoms with Crippen LogP contribution in [0, 0.1) is 10.1 Å². The summed E-state index contributed by atoms with van der Waals surface area (Å²) in [7, 11) is 0. The Bertz CT molecular complexity index is 892. The maximum absolute atomic E-state index is 12.2. The highest BCUT2D eigenvalue weighted by Gasteiger charge is 2.10. The molecule has 1 aliphatic heterocycles. The second kappa shape index (κ2) is 12.9. The van der Waals surface area contributed by atoms with Crippen LogP contribution in [0.5, 0.6) is 5.75 Å². The first-order valence-electron chi connectivity index (χ1n) is 11.1. The molecule has 1 aliphatic rings. The zero-order valence-electron chi connectivity index (χ0n) is 18.2. The van der Waals surface area contributed by atoms with Crippen LogP contribution in [0.1, 0.15) is 60.2 Å². The summed E-state index contributed by atoms with van der Waals surface area (Å²) in [4.78, 5) is 25.6. The van der Waals surface area contributed by atoms with Crippen molar-refractivity contribution in [2.24, 2.45) is 5.10 Å². The second-order valence-corrected chi connectivity index (χ2v) is 8.92. The summed E-state index contributed by atoms with van der Waals surface area (Å²) in [6, 6.07) is 9.92. The lowest BCUT2D eigenvalue weighted by Crippen LogP contribution is -2.30. The van der Waals surface area contributed by atoms with Gasteiger partial charge in [-0.25, -0.2) is 5.43 Å². The van der Waals surface area contributed by atoms with Crippen LogP contribution in [0.4, 0.5) is 5.00 Å². The molecule has 8 nitrogen and oxygen atoms in total. The molecule has 3 rings (SSSR count). The molecule has 0 saturated carbocycles. The average Bonchev–Trinajstić information content (AvgIpc) is 3.29. The van der Waals surface area contributed by atoms with Crippen LogP contribution in [0.15, 0.2) is 41.5 Å². The van der Waals surface area contributed by atoms with Gasteiger partial charge in [-0.3, -0.25) is 14.9 Å². The van der Waals surface area contributed by atoms with Gasteiger partial charge in [0.1, 0.15) is 5.75 Å². The largest absolute Gasteiger partial charge is 0.494 e. The predicted octanol–water partition coefficient (Wildman–Crippen LogP) is 4.85. The standard InChI is InChI=1S/C23H30N4O4S/c28-23(25-24-18-21-12-13-22(32-21)27(29)30)19-8-10-20(11-9-19)31-17-7-2-1-4-14-26-15-5-3-6-16-26/h8-13,18H,1-7,14-17H2,(H,25,28)/b24-18+. The van der Waals surface area contributed by atoms with Gasteiger partial charge in [0.05, 0.1) is 22.6 Å². The van der Waals surface area contributed by atoms with Crippen LogP contribution in [-0.2, 0) is 0 Å². The Kier molecular flexibility index (Phi) is 9.64. The number of amides is 1. The van der Waals surface area contributed by atoms with E-state index in [1.54, 1.807) is 30.3 Å². The molecule has 9 heteroatoms. The number of unbranched alkanes of at least 4 members (excludes halogenated alkanes) is 3. The molecule has 0 radical (unpaired) electrons. The van der Waals surface area contributed by atoms with Gasteiger partial charge in [-0.2, -0.15) is 5.10 Å². The lowest BCUT2D eigenvalue weighted by molar-refractivity contribution is -0.380. The number of benzene rings is 1. The van der Waals surface area contributed by atoms with Crippen molar-refractivity contribution in [1.82, 2.24) is 10.3 Å². The summed E-state index contributed by atoms with van der Waals surface area (Å²) in [5, 5.41) is 14.6. The highest BCUT2D eigenvalue weighted by atomic mass is 32.1.